The monoisotopic (exact) mass is 348 g/mol. The predicted molar refractivity (Wildman–Crippen MR) is 106 cm³/mol. The molecule has 4 aromatic rings. The van der Waals surface area contributed by atoms with Crippen molar-refractivity contribution in [3.63, 3.8) is 0 Å². The van der Waals surface area contributed by atoms with Crippen LogP contribution in [0.2, 0.25) is 0 Å². The Kier molecular flexibility index (Phi) is 3.55. The van der Waals surface area contributed by atoms with Crippen molar-refractivity contribution < 1.29 is 0 Å². The van der Waals surface area contributed by atoms with Crippen molar-refractivity contribution in [2.24, 2.45) is 0 Å². The molecule has 0 N–H and O–H groups in total. The summed E-state index contributed by atoms with van der Waals surface area (Å²) in [5.74, 6) is 0. The SMILES string of the molecule is Cc1cc(C)c(/C=c2/sc3nc4cc(C)c(C)cc4n3c2=O)cc1C. The lowest BCUT2D eigenvalue weighted by Gasteiger charge is -2.05. The van der Waals surface area contributed by atoms with Gasteiger partial charge in [-0.2, -0.15) is 0 Å². The van der Waals surface area contributed by atoms with Crippen molar-refractivity contribution in [3.05, 3.63) is 72.5 Å². The minimum atomic E-state index is 0.0170. The molecule has 2 heterocycles. The zero-order chi connectivity index (χ0) is 17.9. The summed E-state index contributed by atoms with van der Waals surface area (Å²) >= 11 is 1.46. The minimum Gasteiger partial charge on any atom is -0.267 e. The van der Waals surface area contributed by atoms with E-state index in [1.54, 1.807) is 4.40 Å². The molecular weight excluding hydrogens is 328 g/mol. The number of rotatable bonds is 1. The number of aryl methyl sites for hydroxylation is 5. The Balaban J connectivity index is 2.01. The third-order valence-electron chi connectivity index (χ3n) is 5.02. The van der Waals surface area contributed by atoms with Gasteiger partial charge in [0.2, 0.25) is 0 Å². The maximum atomic E-state index is 13.0. The minimum absolute atomic E-state index is 0.0170. The van der Waals surface area contributed by atoms with Crippen LogP contribution in [0.1, 0.15) is 33.4 Å². The van der Waals surface area contributed by atoms with Crippen LogP contribution >= 0.6 is 11.3 Å². The molecule has 4 heteroatoms. The second-order valence-corrected chi connectivity index (χ2v) is 7.87. The molecule has 0 saturated heterocycles. The Hall–Kier alpha value is -2.46. The van der Waals surface area contributed by atoms with Crippen LogP contribution < -0.4 is 10.1 Å². The fraction of sp³-hybridized carbons (Fsp3) is 0.238. The summed E-state index contributed by atoms with van der Waals surface area (Å²) in [4.78, 5) is 18.4. The molecule has 0 bridgehead atoms. The molecule has 2 aromatic carbocycles. The van der Waals surface area contributed by atoms with Crippen molar-refractivity contribution in [2.75, 3.05) is 0 Å². The molecule has 0 atom stereocenters. The lowest BCUT2D eigenvalue weighted by molar-refractivity contribution is 1.18. The number of imidazole rings is 1. The summed E-state index contributed by atoms with van der Waals surface area (Å²) in [5.41, 5.74) is 8.97. The summed E-state index contributed by atoms with van der Waals surface area (Å²) in [6, 6.07) is 8.44. The fourth-order valence-corrected chi connectivity index (χ4v) is 4.18. The number of benzene rings is 2. The van der Waals surface area contributed by atoms with E-state index in [1.807, 2.05) is 6.08 Å². The summed E-state index contributed by atoms with van der Waals surface area (Å²) in [6.07, 6.45) is 2.00. The van der Waals surface area contributed by atoms with E-state index in [0.717, 1.165) is 26.1 Å². The molecule has 25 heavy (non-hydrogen) atoms. The highest BCUT2D eigenvalue weighted by molar-refractivity contribution is 7.15. The third-order valence-corrected chi connectivity index (χ3v) is 5.99. The van der Waals surface area contributed by atoms with Gasteiger partial charge in [-0.3, -0.25) is 4.79 Å². The van der Waals surface area contributed by atoms with Crippen molar-refractivity contribution in [1.82, 2.24) is 9.38 Å². The zero-order valence-corrected chi connectivity index (χ0v) is 15.9. The van der Waals surface area contributed by atoms with Gasteiger partial charge in [-0.05, 0) is 86.2 Å². The molecule has 0 saturated carbocycles. The molecule has 0 radical (unpaired) electrons. The smallest absolute Gasteiger partial charge is 0.267 e. The molecular formula is C21H20N2OS. The topological polar surface area (TPSA) is 34.4 Å². The van der Waals surface area contributed by atoms with Gasteiger partial charge < -0.3 is 0 Å². The Morgan fingerprint density at radius 3 is 2.28 bits per heavy atom. The Labute approximate surface area is 150 Å². The van der Waals surface area contributed by atoms with Gasteiger partial charge in [0.05, 0.1) is 15.6 Å². The quantitative estimate of drug-likeness (QED) is 0.521. The van der Waals surface area contributed by atoms with Gasteiger partial charge >= 0.3 is 0 Å². The number of thiazole rings is 1. The van der Waals surface area contributed by atoms with Gasteiger partial charge in [-0.25, -0.2) is 9.38 Å². The summed E-state index contributed by atoms with van der Waals surface area (Å²) in [7, 11) is 0. The Morgan fingerprint density at radius 1 is 0.880 bits per heavy atom. The van der Waals surface area contributed by atoms with E-state index in [2.05, 4.69) is 63.9 Å². The van der Waals surface area contributed by atoms with Gasteiger partial charge in [-0.1, -0.05) is 23.5 Å². The van der Waals surface area contributed by atoms with Crippen molar-refractivity contribution in [3.8, 4) is 0 Å². The van der Waals surface area contributed by atoms with E-state index in [-0.39, 0.29) is 5.56 Å². The van der Waals surface area contributed by atoms with Crippen LogP contribution in [0.25, 0.3) is 22.1 Å². The molecule has 4 rings (SSSR count). The average Bonchev–Trinajstić information content (AvgIpc) is 3.03. The second-order valence-electron chi connectivity index (χ2n) is 6.86. The predicted octanol–water partition coefficient (Wildman–Crippen LogP) is 4.00. The highest BCUT2D eigenvalue weighted by atomic mass is 32.1. The van der Waals surface area contributed by atoms with E-state index in [4.69, 9.17) is 0 Å². The lowest BCUT2D eigenvalue weighted by Crippen LogP contribution is -2.22. The average molecular weight is 348 g/mol. The van der Waals surface area contributed by atoms with Crippen LogP contribution in [0.4, 0.5) is 0 Å². The first-order chi connectivity index (χ1) is 11.8. The van der Waals surface area contributed by atoms with Gasteiger partial charge in [-0.15, -0.1) is 0 Å². The van der Waals surface area contributed by atoms with Crippen LogP contribution in [0, 0.1) is 34.6 Å². The third kappa shape index (κ3) is 2.48. The fourth-order valence-electron chi connectivity index (χ4n) is 3.20. The van der Waals surface area contributed by atoms with E-state index in [0.29, 0.717) is 0 Å². The van der Waals surface area contributed by atoms with Gasteiger partial charge in [0.15, 0.2) is 4.96 Å². The summed E-state index contributed by atoms with van der Waals surface area (Å²) in [6.45, 7) is 10.4. The van der Waals surface area contributed by atoms with E-state index in [1.165, 1.54) is 39.2 Å². The van der Waals surface area contributed by atoms with Crippen LogP contribution in [-0.4, -0.2) is 9.38 Å². The molecule has 0 spiro atoms. The van der Waals surface area contributed by atoms with Gasteiger partial charge in [0.25, 0.3) is 5.56 Å². The maximum absolute atomic E-state index is 13.0. The first kappa shape index (κ1) is 16.0. The van der Waals surface area contributed by atoms with Gasteiger partial charge in [0, 0.05) is 0 Å². The van der Waals surface area contributed by atoms with Gasteiger partial charge in [0.1, 0.15) is 0 Å². The maximum Gasteiger partial charge on any atom is 0.274 e. The molecule has 126 valence electrons. The lowest BCUT2D eigenvalue weighted by atomic mass is 10.0. The number of nitrogens with zero attached hydrogens (tertiary/aromatic N) is 2. The van der Waals surface area contributed by atoms with E-state index < -0.39 is 0 Å². The van der Waals surface area contributed by atoms with Crippen molar-refractivity contribution in [1.29, 1.82) is 0 Å². The number of hydrogen-bond acceptors (Lipinski definition) is 3. The van der Waals surface area contributed by atoms with Crippen LogP contribution in [0.5, 0.6) is 0 Å². The number of aromatic nitrogens is 2. The molecule has 0 unspecified atom stereocenters. The highest BCUT2D eigenvalue weighted by Gasteiger charge is 2.12. The van der Waals surface area contributed by atoms with E-state index in [9.17, 15) is 4.79 Å². The Morgan fingerprint density at radius 2 is 1.52 bits per heavy atom. The highest BCUT2D eigenvalue weighted by Crippen LogP contribution is 2.21. The summed E-state index contributed by atoms with van der Waals surface area (Å²) in [5, 5.41) is 0. The van der Waals surface area contributed by atoms with Crippen LogP contribution in [0.3, 0.4) is 0 Å². The molecule has 0 aliphatic carbocycles. The molecule has 3 nitrogen and oxygen atoms in total. The molecule has 0 aliphatic rings. The standard InChI is InChI=1S/C21H20N2OS/c1-11-6-15(5)16(7-12(11)2)10-19-20(24)23-18-9-14(4)13(3)8-17(18)22-21(23)25-19/h6-10H,1-5H3/b19-10+. The van der Waals surface area contributed by atoms with Crippen LogP contribution in [0.15, 0.2) is 29.1 Å². The molecule has 0 fully saturated rings. The molecule has 2 aromatic heterocycles. The largest absolute Gasteiger partial charge is 0.274 e. The van der Waals surface area contributed by atoms with Crippen LogP contribution in [-0.2, 0) is 0 Å². The summed E-state index contributed by atoms with van der Waals surface area (Å²) < 4.78 is 2.48. The second kappa shape index (κ2) is 5.53. The zero-order valence-electron chi connectivity index (χ0n) is 15.1. The first-order valence-electron chi connectivity index (χ1n) is 8.37. The van der Waals surface area contributed by atoms with Crippen molar-refractivity contribution >= 4 is 33.4 Å². The molecule has 0 amide bonds. The first-order valence-corrected chi connectivity index (χ1v) is 9.18. The molecule has 0 aliphatic heterocycles. The van der Waals surface area contributed by atoms with Crippen molar-refractivity contribution in [2.45, 2.75) is 34.6 Å². The Bertz CT molecular complexity index is 1260. The number of hydrogen-bond donors (Lipinski definition) is 0. The normalized spacial score (nSPS) is 12.6. The van der Waals surface area contributed by atoms with E-state index >= 15 is 0 Å². The number of fused-ring (bicyclic) bond motifs is 3.